The van der Waals surface area contributed by atoms with Gasteiger partial charge in [0.15, 0.2) is 0 Å². The number of para-hydroxylation sites is 1. The monoisotopic (exact) mass is 290 g/mol. The average Bonchev–Trinajstić information content (AvgIpc) is 2.76. The lowest BCUT2D eigenvalue weighted by Gasteiger charge is -2.09. The van der Waals surface area contributed by atoms with Gasteiger partial charge in [-0.2, -0.15) is 0 Å². The molecule has 0 unspecified atom stereocenters. The van der Waals surface area contributed by atoms with Crippen molar-refractivity contribution < 1.29 is 0 Å². The van der Waals surface area contributed by atoms with Crippen LogP contribution in [-0.4, -0.2) is 9.55 Å². The fourth-order valence-corrected chi connectivity index (χ4v) is 2.63. The van der Waals surface area contributed by atoms with Gasteiger partial charge in [-0.25, -0.2) is 4.98 Å². The summed E-state index contributed by atoms with van der Waals surface area (Å²) in [7, 11) is 0. The molecule has 2 aromatic carbocycles. The van der Waals surface area contributed by atoms with Crippen molar-refractivity contribution in [1.82, 2.24) is 9.55 Å². The predicted octanol–water partition coefficient (Wildman–Crippen LogP) is 4.73. The minimum Gasteiger partial charge on any atom is -0.294 e. The molecular formula is C15H12Cl2N2. The lowest BCUT2D eigenvalue weighted by molar-refractivity contribution is 0.982. The van der Waals surface area contributed by atoms with Crippen molar-refractivity contribution in [2.45, 2.75) is 12.8 Å². The zero-order chi connectivity index (χ0) is 13.4. The Balaban J connectivity index is 2.36. The van der Waals surface area contributed by atoms with E-state index >= 15 is 0 Å². The molecule has 0 spiro atoms. The third-order valence-corrected chi connectivity index (χ3v) is 3.65. The minimum atomic E-state index is 0.346. The van der Waals surface area contributed by atoms with Crippen LogP contribution in [0.1, 0.15) is 11.4 Å². The normalized spacial score (nSPS) is 11.1. The molecule has 96 valence electrons. The molecule has 3 aromatic rings. The molecule has 0 bridgehead atoms. The van der Waals surface area contributed by atoms with Crippen LogP contribution in [0.15, 0.2) is 42.5 Å². The second kappa shape index (κ2) is 4.87. The predicted molar refractivity (Wildman–Crippen MR) is 80.4 cm³/mol. The molecule has 3 rings (SSSR count). The van der Waals surface area contributed by atoms with E-state index in [4.69, 9.17) is 23.2 Å². The molecule has 0 aliphatic heterocycles. The van der Waals surface area contributed by atoms with E-state index in [2.05, 4.69) is 23.2 Å². The molecule has 0 fully saturated rings. The average molecular weight is 291 g/mol. The van der Waals surface area contributed by atoms with Gasteiger partial charge in [-0.15, -0.1) is 11.6 Å². The summed E-state index contributed by atoms with van der Waals surface area (Å²) in [6.45, 7) is 2.05. The fraction of sp³-hybridized carbons (Fsp3) is 0.133. The quantitative estimate of drug-likeness (QED) is 0.624. The number of hydrogen-bond donors (Lipinski definition) is 0. The van der Waals surface area contributed by atoms with Gasteiger partial charge in [0.25, 0.3) is 0 Å². The van der Waals surface area contributed by atoms with E-state index in [9.17, 15) is 0 Å². The van der Waals surface area contributed by atoms with Crippen LogP contribution in [0, 0.1) is 6.92 Å². The summed E-state index contributed by atoms with van der Waals surface area (Å²) in [5, 5.41) is 0.689. The Kier molecular flexibility index (Phi) is 3.21. The first-order chi connectivity index (χ1) is 9.20. The van der Waals surface area contributed by atoms with Crippen LogP contribution in [0.5, 0.6) is 0 Å². The molecule has 19 heavy (non-hydrogen) atoms. The largest absolute Gasteiger partial charge is 0.294 e. The summed E-state index contributed by atoms with van der Waals surface area (Å²) in [5.74, 6) is 1.15. The molecule has 0 saturated carbocycles. The summed E-state index contributed by atoms with van der Waals surface area (Å²) >= 11 is 12.3. The maximum Gasteiger partial charge on any atom is 0.129 e. The Morgan fingerprint density at radius 3 is 2.68 bits per heavy atom. The lowest BCUT2D eigenvalue weighted by Crippen LogP contribution is -1.99. The number of alkyl halides is 1. The molecule has 0 N–H and O–H groups in total. The van der Waals surface area contributed by atoms with Gasteiger partial charge in [0.2, 0.25) is 0 Å². The van der Waals surface area contributed by atoms with Gasteiger partial charge in [0.1, 0.15) is 5.82 Å². The minimum absolute atomic E-state index is 0.346. The lowest BCUT2D eigenvalue weighted by atomic mass is 10.2. The van der Waals surface area contributed by atoms with Crippen molar-refractivity contribution in [3.8, 4) is 5.69 Å². The number of halogens is 2. The van der Waals surface area contributed by atoms with Crippen molar-refractivity contribution in [3.05, 3.63) is 58.9 Å². The van der Waals surface area contributed by atoms with E-state index in [1.807, 2.05) is 35.8 Å². The molecule has 1 aromatic heterocycles. The van der Waals surface area contributed by atoms with E-state index in [1.165, 1.54) is 5.56 Å². The van der Waals surface area contributed by atoms with Gasteiger partial charge in [-0.3, -0.25) is 4.57 Å². The van der Waals surface area contributed by atoms with Crippen LogP contribution < -0.4 is 0 Å². The number of nitrogens with zero attached hydrogens (tertiary/aromatic N) is 2. The van der Waals surface area contributed by atoms with E-state index in [-0.39, 0.29) is 0 Å². The van der Waals surface area contributed by atoms with Crippen LogP contribution in [0.3, 0.4) is 0 Å². The Bertz CT molecular complexity index is 747. The number of aryl methyl sites for hydroxylation is 1. The Morgan fingerprint density at radius 2 is 1.95 bits per heavy atom. The zero-order valence-electron chi connectivity index (χ0n) is 10.4. The highest BCUT2D eigenvalue weighted by molar-refractivity contribution is 6.32. The standard InChI is InChI=1S/C15H12Cl2N2/c1-10-6-7-14-12(8-10)18-15(9-16)19(14)13-5-3-2-4-11(13)17/h2-8H,9H2,1H3. The topological polar surface area (TPSA) is 17.8 Å². The highest BCUT2D eigenvalue weighted by Crippen LogP contribution is 2.27. The zero-order valence-corrected chi connectivity index (χ0v) is 11.9. The number of rotatable bonds is 2. The number of benzene rings is 2. The molecular weight excluding hydrogens is 279 g/mol. The van der Waals surface area contributed by atoms with E-state index in [1.54, 1.807) is 0 Å². The summed E-state index contributed by atoms with van der Waals surface area (Å²) in [4.78, 5) is 4.58. The maximum atomic E-state index is 6.28. The van der Waals surface area contributed by atoms with Gasteiger partial charge in [-0.1, -0.05) is 29.8 Å². The first kappa shape index (κ1) is 12.5. The number of fused-ring (bicyclic) bond motifs is 1. The Hall–Kier alpha value is -1.51. The van der Waals surface area contributed by atoms with E-state index in [0.717, 1.165) is 22.5 Å². The third kappa shape index (κ3) is 2.11. The second-order valence-corrected chi connectivity index (χ2v) is 5.12. The summed E-state index contributed by atoms with van der Waals surface area (Å²) < 4.78 is 2.02. The van der Waals surface area contributed by atoms with E-state index in [0.29, 0.717) is 10.9 Å². The Morgan fingerprint density at radius 1 is 1.16 bits per heavy atom. The van der Waals surface area contributed by atoms with Crippen molar-refractivity contribution in [2.75, 3.05) is 0 Å². The van der Waals surface area contributed by atoms with Gasteiger partial charge < -0.3 is 0 Å². The molecule has 0 amide bonds. The van der Waals surface area contributed by atoms with E-state index < -0.39 is 0 Å². The number of hydrogen-bond acceptors (Lipinski definition) is 1. The van der Waals surface area contributed by atoms with Crippen LogP contribution in [0.25, 0.3) is 16.7 Å². The van der Waals surface area contributed by atoms with Crippen molar-refractivity contribution in [1.29, 1.82) is 0 Å². The second-order valence-electron chi connectivity index (χ2n) is 4.44. The molecule has 0 saturated heterocycles. The van der Waals surface area contributed by atoms with Crippen LogP contribution in [-0.2, 0) is 5.88 Å². The molecule has 0 radical (unpaired) electrons. The van der Waals surface area contributed by atoms with Crippen LogP contribution in [0.2, 0.25) is 5.02 Å². The van der Waals surface area contributed by atoms with Crippen LogP contribution >= 0.6 is 23.2 Å². The number of aromatic nitrogens is 2. The maximum absolute atomic E-state index is 6.28. The highest BCUT2D eigenvalue weighted by atomic mass is 35.5. The van der Waals surface area contributed by atoms with Gasteiger partial charge >= 0.3 is 0 Å². The first-order valence-corrected chi connectivity index (χ1v) is 6.91. The smallest absolute Gasteiger partial charge is 0.129 e. The molecule has 2 nitrogen and oxygen atoms in total. The Labute approximate surface area is 121 Å². The van der Waals surface area contributed by atoms with Gasteiger partial charge in [0.05, 0.1) is 27.6 Å². The third-order valence-electron chi connectivity index (χ3n) is 3.09. The van der Waals surface area contributed by atoms with Crippen molar-refractivity contribution >= 4 is 34.2 Å². The van der Waals surface area contributed by atoms with Crippen LogP contribution in [0.4, 0.5) is 0 Å². The van der Waals surface area contributed by atoms with Crippen molar-refractivity contribution in [3.63, 3.8) is 0 Å². The number of imidazole rings is 1. The molecule has 0 aliphatic rings. The van der Waals surface area contributed by atoms with Gasteiger partial charge in [-0.05, 0) is 36.8 Å². The fourth-order valence-electron chi connectivity index (χ4n) is 2.23. The van der Waals surface area contributed by atoms with Crippen molar-refractivity contribution in [2.24, 2.45) is 0 Å². The molecule has 0 aliphatic carbocycles. The molecule has 0 atom stereocenters. The first-order valence-electron chi connectivity index (χ1n) is 5.99. The highest BCUT2D eigenvalue weighted by Gasteiger charge is 2.13. The molecule has 1 heterocycles. The summed E-state index contributed by atoms with van der Waals surface area (Å²) in [6, 6.07) is 13.9. The SMILES string of the molecule is Cc1ccc2c(c1)nc(CCl)n2-c1ccccc1Cl. The summed E-state index contributed by atoms with van der Waals surface area (Å²) in [5.41, 5.74) is 4.05. The van der Waals surface area contributed by atoms with Gasteiger partial charge in [0, 0.05) is 0 Å². The summed E-state index contributed by atoms with van der Waals surface area (Å²) in [6.07, 6.45) is 0. The molecule has 4 heteroatoms.